The van der Waals surface area contributed by atoms with E-state index in [1.165, 1.54) is 0 Å². The van der Waals surface area contributed by atoms with Gasteiger partial charge in [0.05, 0.1) is 5.69 Å². The number of benzene rings is 1. The first-order valence-electron chi connectivity index (χ1n) is 7.71. The van der Waals surface area contributed by atoms with Crippen molar-refractivity contribution in [3.05, 3.63) is 24.3 Å². The van der Waals surface area contributed by atoms with E-state index < -0.39 is 0 Å². The van der Waals surface area contributed by atoms with Crippen molar-refractivity contribution in [1.29, 1.82) is 0 Å². The number of carbonyl (C=O) groups is 1. The summed E-state index contributed by atoms with van der Waals surface area (Å²) in [6, 6.07) is 7.98. The molecule has 2 aliphatic rings. The lowest BCUT2D eigenvalue weighted by molar-refractivity contribution is -0.125. The van der Waals surface area contributed by atoms with Gasteiger partial charge in [0.25, 0.3) is 0 Å². The first kappa shape index (κ1) is 14.2. The fourth-order valence-electron chi connectivity index (χ4n) is 3.29. The van der Waals surface area contributed by atoms with Crippen molar-refractivity contribution < 1.29 is 9.53 Å². The van der Waals surface area contributed by atoms with Gasteiger partial charge in [-0.2, -0.15) is 0 Å². The first-order chi connectivity index (χ1) is 10.2. The van der Waals surface area contributed by atoms with E-state index in [-0.39, 0.29) is 5.91 Å². The number of nitrogens with one attached hydrogen (secondary N) is 1. The highest BCUT2D eigenvalue weighted by Gasteiger charge is 2.33. The molecule has 0 saturated carbocycles. The number of piperidine rings is 2. The topological polar surface area (TPSA) is 67.6 Å². The molecule has 3 rings (SSSR count). The predicted molar refractivity (Wildman–Crippen MR) is 82.1 cm³/mol. The summed E-state index contributed by atoms with van der Waals surface area (Å²) in [5.41, 5.74) is 6.55. The maximum atomic E-state index is 11.4. The van der Waals surface area contributed by atoms with Crippen molar-refractivity contribution in [1.82, 2.24) is 10.2 Å². The molecular formula is C16H23N3O2. The molecule has 1 aromatic rings. The molecule has 5 heteroatoms. The number of nitrogens with two attached hydrogens (primary N) is 1. The van der Waals surface area contributed by atoms with Crippen LogP contribution in [0.1, 0.15) is 19.3 Å². The van der Waals surface area contributed by atoms with E-state index in [0.717, 1.165) is 38.2 Å². The molecule has 2 saturated heterocycles. The van der Waals surface area contributed by atoms with Gasteiger partial charge in [0.15, 0.2) is 0 Å². The van der Waals surface area contributed by atoms with E-state index in [0.29, 0.717) is 30.7 Å². The van der Waals surface area contributed by atoms with Crippen molar-refractivity contribution in [2.24, 2.45) is 5.92 Å². The van der Waals surface area contributed by atoms with Crippen LogP contribution in [-0.2, 0) is 4.79 Å². The van der Waals surface area contributed by atoms with Crippen LogP contribution in [-0.4, -0.2) is 43.1 Å². The number of para-hydroxylation sites is 2. The van der Waals surface area contributed by atoms with Crippen LogP contribution < -0.4 is 15.8 Å². The third-order valence-corrected chi connectivity index (χ3v) is 4.49. The van der Waals surface area contributed by atoms with Crippen LogP contribution >= 0.6 is 0 Å². The number of rotatable bonds is 4. The minimum atomic E-state index is 0.215. The van der Waals surface area contributed by atoms with Crippen LogP contribution in [0.15, 0.2) is 24.3 Å². The molecule has 1 amide bonds. The van der Waals surface area contributed by atoms with Gasteiger partial charge in [-0.1, -0.05) is 12.1 Å². The summed E-state index contributed by atoms with van der Waals surface area (Å²) >= 11 is 0. The molecule has 0 spiro atoms. The van der Waals surface area contributed by atoms with Gasteiger partial charge in [0, 0.05) is 32.1 Å². The largest absolute Gasteiger partial charge is 0.490 e. The Hall–Kier alpha value is -1.75. The average Bonchev–Trinajstić information content (AvgIpc) is 2.49. The number of likely N-dealkylation sites (tertiary alicyclic amines) is 1. The summed E-state index contributed by atoms with van der Waals surface area (Å²) in [6.07, 6.45) is 2.73. The Balaban J connectivity index is 1.45. The molecule has 0 radical (unpaired) electrons. The summed E-state index contributed by atoms with van der Waals surface area (Å²) in [6.45, 7) is 3.64. The third-order valence-electron chi connectivity index (χ3n) is 4.49. The van der Waals surface area contributed by atoms with E-state index in [9.17, 15) is 4.79 Å². The molecule has 0 aliphatic carbocycles. The van der Waals surface area contributed by atoms with Crippen LogP contribution in [0.2, 0.25) is 0 Å². The lowest BCUT2D eigenvalue weighted by Gasteiger charge is -2.41. The van der Waals surface area contributed by atoms with Crippen molar-refractivity contribution in [3.63, 3.8) is 0 Å². The number of anilines is 1. The molecule has 2 unspecified atom stereocenters. The standard InChI is InChI=1S/C16H23N3O2/c17-13-3-1-2-4-15(13)21-10-9-19-8-7-14-12(11-19)5-6-16(20)18-14/h1-4,12,14H,5-11,17H2,(H,18,20). The average molecular weight is 289 g/mol. The zero-order chi connectivity index (χ0) is 14.7. The summed E-state index contributed by atoms with van der Waals surface area (Å²) in [5.74, 6) is 1.57. The van der Waals surface area contributed by atoms with Gasteiger partial charge in [0.2, 0.25) is 5.91 Å². The molecule has 2 atom stereocenters. The van der Waals surface area contributed by atoms with Gasteiger partial charge in [-0.05, 0) is 30.9 Å². The maximum absolute atomic E-state index is 11.4. The summed E-state index contributed by atoms with van der Waals surface area (Å²) in [7, 11) is 0. The predicted octanol–water partition coefficient (Wildman–Crippen LogP) is 1.25. The molecule has 5 nitrogen and oxygen atoms in total. The number of carbonyl (C=O) groups excluding carboxylic acids is 1. The number of hydrogen-bond acceptors (Lipinski definition) is 4. The molecule has 2 heterocycles. The minimum Gasteiger partial charge on any atom is -0.490 e. The summed E-state index contributed by atoms with van der Waals surface area (Å²) < 4.78 is 5.76. The molecule has 0 bridgehead atoms. The van der Waals surface area contributed by atoms with Crippen LogP contribution in [0.3, 0.4) is 0 Å². The van der Waals surface area contributed by atoms with Gasteiger partial charge in [-0.15, -0.1) is 0 Å². The molecule has 21 heavy (non-hydrogen) atoms. The molecule has 2 fully saturated rings. The number of nitrogens with zero attached hydrogens (tertiary/aromatic N) is 1. The Labute approximate surface area is 125 Å². The second-order valence-electron chi connectivity index (χ2n) is 5.95. The number of fused-ring (bicyclic) bond motifs is 1. The quantitative estimate of drug-likeness (QED) is 0.819. The Morgan fingerprint density at radius 3 is 3.05 bits per heavy atom. The molecular weight excluding hydrogens is 266 g/mol. The van der Waals surface area contributed by atoms with Crippen molar-refractivity contribution in [3.8, 4) is 5.75 Å². The lowest BCUT2D eigenvalue weighted by atomic mass is 9.85. The molecule has 1 aromatic carbocycles. The van der Waals surface area contributed by atoms with Gasteiger partial charge >= 0.3 is 0 Å². The Morgan fingerprint density at radius 2 is 2.19 bits per heavy atom. The number of ether oxygens (including phenoxy) is 1. The van der Waals surface area contributed by atoms with Gasteiger partial charge < -0.3 is 15.8 Å². The second kappa shape index (κ2) is 6.35. The highest BCUT2D eigenvalue weighted by molar-refractivity contribution is 5.77. The van der Waals surface area contributed by atoms with E-state index >= 15 is 0 Å². The molecule has 2 aliphatic heterocycles. The van der Waals surface area contributed by atoms with Gasteiger partial charge in [0.1, 0.15) is 12.4 Å². The fraction of sp³-hybridized carbons (Fsp3) is 0.562. The third kappa shape index (κ3) is 3.47. The lowest BCUT2D eigenvalue weighted by Crippen LogP contribution is -2.54. The Kier molecular flexibility index (Phi) is 4.29. The highest BCUT2D eigenvalue weighted by Crippen LogP contribution is 2.25. The minimum absolute atomic E-state index is 0.215. The normalized spacial score (nSPS) is 26.0. The van der Waals surface area contributed by atoms with Crippen LogP contribution in [0.25, 0.3) is 0 Å². The van der Waals surface area contributed by atoms with Crippen LogP contribution in [0.5, 0.6) is 5.75 Å². The maximum Gasteiger partial charge on any atom is 0.220 e. The highest BCUT2D eigenvalue weighted by atomic mass is 16.5. The summed E-state index contributed by atoms with van der Waals surface area (Å²) in [5, 5.41) is 3.11. The number of nitrogen functional groups attached to an aromatic ring is 1. The van der Waals surface area contributed by atoms with Crippen LogP contribution in [0.4, 0.5) is 5.69 Å². The Bertz CT molecular complexity index is 506. The fourth-order valence-corrected chi connectivity index (χ4v) is 3.29. The van der Waals surface area contributed by atoms with Crippen LogP contribution in [0, 0.1) is 5.92 Å². The van der Waals surface area contributed by atoms with E-state index in [4.69, 9.17) is 10.5 Å². The molecule has 114 valence electrons. The smallest absolute Gasteiger partial charge is 0.220 e. The van der Waals surface area contributed by atoms with E-state index in [1.54, 1.807) is 0 Å². The first-order valence-corrected chi connectivity index (χ1v) is 7.71. The van der Waals surface area contributed by atoms with Gasteiger partial charge in [-0.3, -0.25) is 9.69 Å². The summed E-state index contributed by atoms with van der Waals surface area (Å²) in [4.78, 5) is 13.8. The zero-order valence-corrected chi connectivity index (χ0v) is 12.3. The van der Waals surface area contributed by atoms with Crippen molar-refractivity contribution in [2.45, 2.75) is 25.3 Å². The number of hydrogen-bond donors (Lipinski definition) is 2. The monoisotopic (exact) mass is 289 g/mol. The van der Waals surface area contributed by atoms with E-state index in [2.05, 4.69) is 10.2 Å². The van der Waals surface area contributed by atoms with Gasteiger partial charge in [-0.25, -0.2) is 0 Å². The second-order valence-corrected chi connectivity index (χ2v) is 5.95. The molecule has 3 N–H and O–H groups in total. The van der Waals surface area contributed by atoms with Crippen molar-refractivity contribution in [2.75, 3.05) is 32.0 Å². The SMILES string of the molecule is Nc1ccccc1OCCN1CCC2NC(=O)CCC2C1. The molecule has 0 aromatic heterocycles. The zero-order valence-electron chi connectivity index (χ0n) is 12.3. The Morgan fingerprint density at radius 1 is 1.33 bits per heavy atom. The number of amides is 1. The van der Waals surface area contributed by atoms with E-state index in [1.807, 2.05) is 24.3 Å². The van der Waals surface area contributed by atoms with Crippen molar-refractivity contribution >= 4 is 11.6 Å².